The molecule has 1 aromatic carbocycles. The number of hydrogen-bond donors (Lipinski definition) is 0. The fraction of sp³-hybridized carbons (Fsp3) is 0.429. The van der Waals surface area contributed by atoms with Gasteiger partial charge in [-0.3, -0.25) is 9.36 Å². The summed E-state index contributed by atoms with van der Waals surface area (Å²) < 4.78 is 32.1. The van der Waals surface area contributed by atoms with Crippen molar-refractivity contribution < 1.29 is 13.2 Å². The van der Waals surface area contributed by atoms with Gasteiger partial charge in [-0.1, -0.05) is 23.4 Å². The van der Waals surface area contributed by atoms with Gasteiger partial charge in [0.15, 0.2) is 15.0 Å². The highest BCUT2D eigenvalue weighted by Gasteiger charge is 2.23. The van der Waals surface area contributed by atoms with Crippen molar-refractivity contribution in [3.05, 3.63) is 50.1 Å². The number of aromatic nitrogens is 2. The van der Waals surface area contributed by atoms with E-state index >= 15 is 0 Å². The molecular weight excluding hydrogens is 476 g/mol. The smallest absolute Gasteiger partial charge is 0.263 e. The Labute approximate surface area is 194 Å². The average molecular weight is 499 g/mol. The quantitative estimate of drug-likeness (QED) is 0.250. The lowest BCUT2D eigenvalue weighted by Gasteiger charge is -2.12. The molecule has 0 radical (unpaired) electrons. The first kappa shape index (κ1) is 22.8. The minimum absolute atomic E-state index is 0.0245. The van der Waals surface area contributed by atoms with Crippen LogP contribution in [0.2, 0.25) is 5.02 Å². The molecule has 166 valence electrons. The standard InChI is InChI=1S/C21H23ClN2O4S3/c1-28-11-3-10-24-20(25)18-16-4-2-5-17(16)30-19(18)23-21(24)29-12-13-31(26,27)15-8-6-14(22)7-9-15/h6-9H,2-5,10-13H2,1H3. The van der Waals surface area contributed by atoms with Crippen LogP contribution in [0.1, 0.15) is 23.3 Å². The second-order valence-corrected chi connectivity index (χ2v) is 12.0. The summed E-state index contributed by atoms with van der Waals surface area (Å²) in [5.74, 6) is 0.254. The summed E-state index contributed by atoms with van der Waals surface area (Å²) in [7, 11) is -1.81. The zero-order valence-corrected chi connectivity index (χ0v) is 20.3. The molecule has 10 heteroatoms. The number of nitrogens with zero attached hydrogens (tertiary/aromatic N) is 2. The van der Waals surface area contributed by atoms with Gasteiger partial charge in [-0.25, -0.2) is 13.4 Å². The fourth-order valence-corrected chi connectivity index (χ4v) is 7.84. The summed E-state index contributed by atoms with van der Waals surface area (Å²) in [5, 5.41) is 1.81. The zero-order chi connectivity index (χ0) is 22.0. The van der Waals surface area contributed by atoms with Gasteiger partial charge in [-0.15, -0.1) is 11.3 Å². The molecule has 1 aliphatic carbocycles. The van der Waals surface area contributed by atoms with Crippen LogP contribution in [0.4, 0.5) is 0 Å². The van der Waals surface area contributed by atoms with Gasteiger partial charge in [-0.2, -0.15) is 0 Å². The van der Waals surface area contributed by atoms with Gasteiger partial charge in [0.1, 0.15) is 4.83 Å². The van der Waals surface area contributed by atoms with E-state index in [-0.39, 0.29) is 16.2 Å². The predicted octanol–water partition coefficient (Wildman–Crippen LogP) is 4.20. The molecule has 3 aromatic rings. The second-order valence-electron chi connectivity index (χ2n) is 7.36. The third-order valence-corrected chi connectivity index (χ3v) is 9.68. The van der Waals surface area contributed by atoms with Crippen LogP contribution in [-0.4, -0.2) is 43.2 Å². The molecule has 0 fully saturated rings. The number of methoxy groups -OCH3 is 1. The number of benzene rings is 1. The Hall–Kier alpha value is -1.39. The number of halogens is 1. The van der Waals surface area contributed by atoms with E-state index in [1.807, 2.05) is 0 Å². The number of thioether (sulfide) groups is 1. The number of fused-ring (bicyclic) bond motifs is 3. The van der Waals surface area contributed by atoms with Gasteiger partial charge in [0.25, 0.3) is 5.56 Å². The molecule has 31 heavy (non-hydrogen) atoms. The topological polar surface area (TPSA) is 78.3 Å². The van der Waals surface area contributed by atoms with Crippen molar-refractivity contribution in [2.24, 2.45) is 0 Å². The van der Waals surface area contributed by atoms with E-state index in [0.717, 1.165) is 35.0 Å². The minimum atomic E-state index is -3.44. The van der Waals surface area contributed by atoms with Crippen LogP contribution in [0.3, 0.4) is 0 Å². The molecule has 0 N–H and O–H groups in total. The molecule has 0 saturated carbocycles. The minimum Gasteiger partial charge on any atom is -0.385 e. The lowest BCUT2D eigenvalue weighted by atomic mass is 10.2. The maximum absolute atomic E-state index is 13.3. The number of sulfone groups is 1. The third kappa shape index (κ3) is 4.85. The largest absolute Gasteiger partial charge is 0.385 e. The summed E-state index contributed by atoms with van der Waals surface area (Å²) in [6, 6.07) is 6.17. The van der Waals surface area contributed by atoms with Crippen LogP contribution in [0.25, 0.3) is 10.2 Å². The lowest BCUT2D eigenvalue weighted by Crippen LogP contribution is -2.24. The molecule has 2 aromatic heterocycles. The van der Waals surface area contributed by atoms with Crippen LogP contribution in [0.5, 0.6) is 0 Å². The molecule has 0 atom stereocenters. The Kier molecular flexibility index (Phi) is 7.07. The molecule has 0 aliphatic heterocycles. The van der Waals surface area contributed by atoms with E-state index in [2.05, 4.69) is 0 Å². The molecular formula is C21H23ClN2O4S3. The molecule has 4 rings (SSSR count). The van der Waals surface area contributed by atoms with E-state index in [9.17, 15) is 13.2 Å². The SMILES string of the molecule is COCCCn1c(SCCS(=O)(=O)c2ccc(Cl)cc2)nc2sc3c(c2c1=O)CCC3. The Balaban J connectivity index is 1.59. The number of thiophene rings is 1. The van der Waals surface area contributed by atoms with Crippen LogP contribution < -0.4 is 5.56 Å². The van der Waals surface area contributed by atoms with Crippen molar-refractivity contribution in [3.63, 3.8) is 0 Å². The molecule has 2 heterocycles. The van der Waals surface area contributed by atoms with Crippen molar-refractivity contribution in [2.75, 3.05) is 25.2 Å². The molecule has 6 nitrogen and oxygen atoms in total. The monoisotopic (exact) mass is 498 g/mol. The highest BCUT2D eigenvalue weighted by atomic mass is 35.5. The molecule has 0 amide bonds. The van der Waals surface area contributed by atoms with Gasteiger partial charge in [0, 0.05) is 35.9 Å². The number of aryl methyl sites for hydroxylation is 2. The van der Waals surface area contributed by atoms with Gasteiger partial charge in [0.2, 0.25) is 0 Å². The van der Waals surface area contributed by atoms with Crippen LogP contribution in [0.15, 0.2) is 39.1 Å². The van der Waals surface area contributed by atoms with E-state index in [0.29, 0.717) is 35.5 Å². The van der Waals surface area contributed by atoms with Crippen LogP contribution in [-0.2, 0) is 34.0 Å². The van der Waals surface area contributed by atoms with Crippen molar-refractivity contribution >= 4 is 54.8 Å². The fourth-order valence-electron chi connectivity index (χ4n) is 3.74. The number of ether oxygens (including phenoxy) is 1. The molecule has 0 bridgehead atoms. The summed E-state index contributed by atoms with van der Waals surface area (Å²) in [6.07, 6.45) is 3.70. The van der Waals surface area contributed by atoms with E-state index in [4.69, 9.17) is 21.3 Å². The first-order chi connectivity index (χ1) is 14.9. The third-order valence-electron chi connectivity index (χ3n) is 5.28. The maximum Gasteiger partial charge on any atom is 0.263 e. The first-order valence-electron chi connectivity index (χ1n) is 10.1. The Morgan fingerprint density at radius 3 is 2.77 bits per heavy atom. The van der Waals surface area contributed by atoms with Crippen molar-refractivity contribution in [3.8, 4) is 0 Å². The highest BCUT2D eigenvalue weighted by molar-refractivity contribution is 8.00. The molecule has 0 saturated heterocycles. The van der Waals surface area contributed by atoms with Crippen molar-refractivity contribution in [2.45, 2.75) is 42.3 Å². The summed E-state index contributed by atoms with van der Waals surface area (Å²) in [6.45, 7) is 1.04. The van der Waals surface area contributed by atoms with Gasteiger partial charge < -0.3 is 4.74 Å². The van der Waals surface area contributed by atoms with Crippen LogP contribution >= 0.6 is 34.7 Å². The van der Waals surface area contributed by atoms with Crippen molar-refractivity contribution in [1.29, 1.82) is 0 Å². The Morgan fingerprint density at radius 2 is 2.03 bits per heavy atom. The van der Waals surface area contributed by atoms with Crippen LogP contribution in [0, 0.1) is 0 Å². The van der Waals surface area contributed by atoms with E-state index in [1.165, 1.54) is 28.8 Å². The van der Waals surface area contributed by atoms with Gasteiger partial charge in [0.05, 0.1) is 16.0 Å². The zero-order valence-electron chi connectivity index (χ0n) is 17.1. The molecule has 1 aliphatic rings. The maximum atomic E-state index is 13.3. The summed E-state index contributed by atoms with van der Waals surface area (Å²) in [4.78, 5) is 20.4. The Bertz CT molecular complexity index is 1250. The second kappa shape index (κ2) is 9.62. The number of hydrogen-bond acceptors (Lipinski definition) is 7. The Morgan fingerprint density at radius 1 is 1.26 bits per heavy atom. The van der Waals surface area contributed by atoms with Gasteiger partial charge >= 0.3 is 0 Å². The van der Waals surface area contributed by atoms with E-state index < -0.39 is 9.84 Å². The summed E-state index contributed by atoms with van der Waals surface area (Å²) >= 11 is 8.77. The van der Waals surface area contributed by atoms with Gasteiger partial charge in [-0.05, 0) is 55.5 Å². The van der Waals surface area contributed by atoms with Crippen molar-refractivity contribution in [1.82, 2.24) is 9.55 Å². The summed E-state index contributed by atoms with van der Waals surface area (Å²) in [5.41, 5.74) is 1.13. The average Bonchev–Trinajstić information content (AvgIpc) is 3.31. The molecule has 0 unspecified atom stereocenters. The lowest BCUT2D eigenvalue weighted by molar-refractivity contribution is 0.189. The number of rotatable bonds is 9. The molecule has 0 spiro atoms. The normalized spacial score (nSPS) is 13.7. The highest BCUT2D eigenvalue weighted by Crippen LogP contribution is 2.35. The first-order valence-corrected chi connectivity index (χ1v) is 13.9. The van der Waals surface area contributed by atoms with E-state index in [1.54, 1.807) is 35.1 Å². The predicted molar refractivity (Wildman–Crippen MR) is 127 cm³/mol.